The number of carbonyl (C=O) groups is 2. The van der Waals surface area contributed by atoms with Gasteiger partial charge in [0.2, 0.25) is 5.91 Å². The van der Waals surface area contributed by atoms with Crippen LogP contribution in [0.4, 0.5) is 10.1 Å². The SMILES string of the molecule is CC(CC(=O)O)CC(=O)N1CCc2ccc(F)cc21. The molecule has 1 aliphatic rings. The van der Waals surface area contributed by atoms with Crippen molar-refractivity contribution in [3.63, 3.8) is 0 Å². The third kappa shape index (κ3) is 3.10. The molecule has 0 radical (unpaired) electrons. The zero-order valence-corrected chi connectivity index (χ0v) is 10.7. The molecule has 2 rings (SSSR count). The molecule has 1 aromatic rings. The molecule has 4 nitrogen and oxygen atoms in total. The molecular formula is C14H16FNO3. The average Bonchev–Trinajstić information content (AvgIpc) is 2.70. The van der Waals surface area contributed by atoms with Gasteiger partial charge in [-0.3, -0.25) is 9.59 Å². The van der Waals surface area contributed by atoms with Crippen molar-refractivity contribution in [2.45, 2.75) is 26.2 Å². The number of anilines is 1. The number of carboxylic acid groups (broad SMARTS) is 1. The van der Waals surface area contributed by atoms with Gasteiger partial charge in [-0.05, 0) is 30.0 Å². The van der Waals surface area contributed by atoms with Gasteiger partial charge < -0.3 is 10.0 Å². The average molecular weight is 265 g/mol. The summed E-state index contributed by atoms with van der Waals surface area (Å²) in [5.74, 6) is -1.63. The number of hydrogen-bond acceptors (Lipinski definition) is 2. The Bertz CT molecular complexity index is 515. The molecule has 1 aromatic carbocycles. The van der Waals surface area contributed by atoms with E-state index in [-0.39, 0.29) is 30.5 Å². The van der Waals surface area contributed by atoms with Crippen molar-refractivity contribution in [3.8, 4) is 0 Å². The quantitative estimate of drug-likeness (QED) is 0.908. The first-order valence-corrected chi connectivity index (χ1v) is 6.28. The number of hydrogen-bond donors (Lipinski definition) is 1. The van der Waals surface area contributed by atoms with E-state index in [4.69, 9.17) is 5.11 Å². The lowest BCUT2D eigenvalue weighted by atomic mass is 10.0. The smallest absolute Gasteiger partial charge is 0.303 e. The number of rotatable bonds is 4. The Kier molecular flexibility index (Phi) is 3.83. The summed E-state index contributed by atoms with van der Waals surface area (Å²) in [4.78, 5) is 24.3. The third-order valence-electron chi connectivity index (χ3n) is 3.29. The Balaban J connectivity index is 2.06. The van der Waals surface area contributed by atoms with Gasteiger partial charge in [0, 0.05) is 25.1 Å². The molecular weight excluding hydrogens is 249 g/mol. The topological polar surface area (TPSA) is 57.6 Å². The van der Waals surface area contributed by atoms with E-state index in [1.54, 1.807) is 17.9 Å². The summed E-state index contributed by atoms with van der Waals surface area (Å²) in [5, 5.41) is 8.68. The van der Waals surface area contributed by atoms with Gasteiger partial charge in [-0.25, -0.2) is 4.39 Å². The lowest BCUT2D eigenvalue weighted by Gasteiger charge is -2.19. The van der Waals surface area contributed by atoms with Crippen LogP contribution in [0.2, 0.25) is 0 Å². The molecule has 5 heteroatoms. The van der Waals surface area contributed by atoms with Gasteiger partial charge in [0.1, 0.15) is 5.82 Å². The van der Waals surface area contributed by atoms with E-state index in [1.807, 2.05) is 0 Å². The molecule has 0 spiro atoms. The van der Waals surface area contributed by atoms with E-state index >= 15 is 0 Å². The van der Waals surface area contributed by atoms with Crippen LogP contribution in [0.15, 0.2) is 18.2 Å². The first-order chi connectivity index (χ1) is 8.97. The predicted octanol–water partition coefficient (Wildman–Crippen LogP) is 2.22. The van der Waals surface area contributed by atoms with Gasteiger partial charge in [-0.2, -0.15) is 0 Å². The van der Waals surface area contributed by atoms with Crippen molar-refractivity contribution in [2.75, 3.05) is 11.4 Å². The van der Waals surface area contributed by atoms with E-state index in [0.29, 0.717) is 18.7 Å². The minimum absolute atomic E-state index is 0.0322. The normalized spacial score (nSPS) is 15.2. The number of carboxylic acids is 1. The maximum atomic E-state index is 13.2. The summed E-state index contributed by atoms with van der Waals surface area (Å²) < 4.78 is 13.2. The molecule has 0 bridgehead atoms. The van der Waals surface area contributed by atoms with Crippen LogP contribution in [-0.2, 0) is 16.0 Å². The van der Waals surface area contributed by atoms with E-state index in [2.05, 4.69) is 0 Å². The summed E-state index contributed by atoms with van der Waals surface area (Å²) in [7, 11) is 0. The second kappa shape index (κ2) is 5.38. The zero-order valence-electron chi connectivity index (χ0n) is 10.7. The van der Waals surface area contributed by atoms with Gasteiger partial charge in [0.15, 0.2) is 0 Å². The predicted molar refractivity (Wildman–Crippen MR) is 68.5 cm³/mol. The van der Waals surface area contributed by atoms with Crippen molar-refractivity contribution < 1.29 is 19.1 Å². The van der Waals surface area contributed by atoms with Crippen molar-refractivity contribution in [2.24, 2.45) is 5.92 Å². The van der Waals surface area contributed by atoms with Crippen molar-refractivity contribution in [3.05, 3.63) is 29.6 Å². The van der Waals surface area contributed by atoms with Gasteiger partial charge in [0.25, 0.3) is 0 Å². The maximum absolute atomic E-state index is 13.2. The molecule has 1 amide bonds. The highest BCUT2D eigenvalue weighted by Gasteiger charge is 2.26. The molecule has 1 aliphatic heterocycles. The molecule has 0 aromatic heterocycles. The largest absolute Gasteiger partial charge is 0.481 e. The molecule has 0 fully saturated rings. The van der Waals surface area contributed by atoms with E-state index in [1.165, 1.54) is 12.1 Å². The molecule has 102 valence electrons. The first-order valence-electron chi connectivity index (χ1n) is 6.28. The summed E-state index contributed by atoms with van der Waals surface area (Å²) in [6, 6.07) is 4.45. The molecule has 1 unspecified atom stereocenters. The Morgan fingerprint density at radius 2 is 2.16 bits per heavy atom. The fourth-order valence-corrected chi connectivity index (χ4v) is 2.39. The van der Waals surface area contributed by atoms with Crippen LogP contribution in [0.25, 0.3) is 0 Å². The third-order valence-corrected chi connectivity index (χ3v) is 3.29. The minimum atomic E-state index is -0.909. The Morgan fingerprint density at radius 1 is 1.42 bits per heavy atom. The minimum Gasteiger partial charge on any atom is -0.481 e. The second-order valence-electron chi connectivity index (χ2n) is 4.98. The molecule has 19 heavy (non-hydrogen) atoms. The Hall–Kier alpha value is -1.91. The fourth-order valence-electron chi connectivity index (χ4n) is 2.39. The Morgan fingerprint density at radius 3 is 2.84 bits per heavy atom. The van der Waals surface area contributed by atoms with Crippen LogP contribution < -0.4 is 4.90 Å². The number of fused-ring (bicyclic) bond motifs is 1. The molecule has 1 atom stereocenters. The standard InChI is InChI=1S/C14H16FNO3/c1-9(7-14(18)19)6-13(17)16-5-4-10-2-3-11(15)8-12(10)16/h2-3,8-9H,4-7H2,1H3,(H,18,19). The van der Waals surface area contributed by atoms with Crippen LogP contribution in [0.5, 0.6) is 0 Å². The molecule has 0 saturated heterocycles. The Labute approximate surface area is 110 Å². The molecule has 0 saturated carbocycles. The zero-order chi connectivity index (χ0) is 14.0. The molecule has 1 heterocycles. The van der Waals surface area contributed by atoms with Crippen LogP contribution in [0.3, 0.4) is 0 Å². The second-order valence-corrected chi connectivity index (χ2v) is 4.98. The molecule has 0 aliphatic carbocycles. The highest BCUT2D eigenvalue weighted by Crippen LogP contribution is 2.29. The van der Waals surface area contributed by atoms with Crippen molar-refractivity contribution in [1.82, 2.24) is 0 Å². The summed E-state index contributed by atoms with van der Waals surface area (Å²) in [6.45, 7) is 2.27. The van der Waals surface area contributed by atoms with Crippen LogP contribution in [0.1, 0.15) is 25.3 Å². The van der Waals surface area contributed by atoms with E-state index < -0.39 is 5.97 Å². The lowest BCUT2D eigenvalue weighted by Crippen LogP contribution is -2.30. The summed E-state index contributed by atoms with van der Waals surface area (Å²) >= 11 is 0. The number of nitrogens with zero attached hydrogens (tertiary/aromatic N) is 1. The van der Waals surface area contributed by atoms with E-state index in [0.717, 1.165) is 5.56 Å². The summed E-state index contributed by atoms with van der Waals surface area (Å²) in [5.41, 5.74) is 1.58. The number of amides is 1. The highest BCUT2D eigenvalue weighted by molar-refractivity contribution is 5.95. The van der Waals surface area contributed by atoms with E-state index in [9.17, 15) is 14.0 Å². The molecule has 1 N–H and O–H groups in total. The number of halogens is 1. The summed E-state index contributed by atoms with van der Waals surface area (Å²) in [6.07, 6.45) is 0.854. The van der Waals surface area contributed by atoms with Crippen molar-refractivity contribution in [1.29, 1.82) is 0 Å². The van der Waals surface area contributed by atoms with Crippen molar-refractivity contribution >= 4 is 17.6 Å². The van der Waals surface area contributed by atoms with Gasteiger partial charge in [0.05, 0.1) is 0 Å². The fraction of sp³-hybridized carbons (Fsp3) is 0.429. The maximum Gasteiger partial charge on any atom is 0.303 e. The lowest BCUT2D eigenvalue weighted by molar-refractivity contribution is -0.138. The number of carbonyl (C=O) groups excluding carboxylic acids is 1. The van der Waals surface area contributed by atoms with Gasteiger partial charge in [-0.1, -0.05) is 13.0 Å². The van der Waals surface area contributed by atoms with Crippen LogP contribution >= 0.6 is 0 Å². The van der Waals surface area contributed by atoms with Crippen LogP contribution in [-0.4, -0.2) is 23.5 Å². The number of benzene rings is 1. The first kappa shape index (κ1) is 13.5. The highest BCUT2D eigenvalue weighted by atomic mass is 19.1. The number of aliphatic carboxylic acids is 1. The van der Waals surface area contributed by atoms with Crippen LogP contribution in [0, 0.1) is 11.7 Å². The monoisotopic (exact) mass is 265 g/mol. The van der Waals surface area contributed by atoms with Gasteiger partial charge >= 0.3 is 5.97 Å². The van der Waals surface area contributed by atoms with Gasteiger partial charge in [-0.15, -0.1) is 0 Å².